The molecule has 0 bridgehead atoms. The van der Waals surface area contributed by atoms with Gasteiger partial charge in [0.15, 0.2) is 5.69 Å². The van der Waals surface area contributed by atoms with E-state index in [4.69, 9.17) is 0 Å². The van der Waals surface area contributed by atoms with Crippen molar-refractivity contribution in [2.24, 2.45) is 5.92 Å². The molecule has 1 heterocycles. The zero-order valence-corrected chi connectivity index (χ0v) is 10.2. The van der Waals surface area contributed by atoms with Crippen molar-refractivity contribution in [3.8, 4) is 0 Å². The van der Waals surface area contributed by atoms with Crippen LogP contribution in [0, 0.1) is 5.92 Å². The van der Waals surface area contributed by atoms with Crippen molar-refractivity contribution in [1.82, 2.24) is 10.2 Å². The summed E-state index contributed by atoms with van der Waals surface area (Å²) in [5.41, 5.74) is -0.957. The molecule has 1 unspecified atom stereocenters. The lowest BCUT2D eigenvalue weighted by molar-refractivity contribution is -0.141. The predicted octanol–water partition coefficient (Wildman–Crippen LogP) is 3.49. The van der Waals surface area contributed by atoms with Crippen LogP contribution in [0.3, 0.4) is 0 Å². The fourth-order valence-corrected chi connectivity index (χ4v) is 2.37. The summed E-state index contributed by atoms with van der Waals surface area (Å²) in [6, 6.07) is 2.51. The van der Waals surface area contributed by atoms with E-state index in [-0.39, 0.29) is 6.04 Å². The van der Waals surface area contributed by atoms with Gasteiger partial charge in [0.05, 0.1) is 0 Å². The number of hydrogen-bond donors (Lipinski definition) is 1. The van der Waals surface area contributed by atoms with Crippen molar-refractivity contribution in [1.29, 1.82) is 0 Å². The minimum Gasteiger partial charge on any atom is -0.366 e. The maximum Gasteiger partial charge on any atom is 0.435 e. The van der Waals surface area contributed by atoms with E-state index < -0.39 is 11.9 Å². The second-order valence-electron chi connectivity index (χ2n) is 4.78. The molecule has 0 aliphatic heterocycles. The van der Waals surface area contributed by atoms with Gasteiger partial charge in [-0.15, -0.1) is 10.2 Å². The Hall–Kier alpha value is -1.33. The quantitative estimate of drug-likeness (QED) is 0.903. The van der Waals surface area contributed by atoms with Crippen LogP contribution in [0.5, 0.6) is 0 Å². The van der Waals surface area contributed by atoms with Crippen molar-refractivity contribution in [2.75, 3.05) is 5.32 Å². The Labute approximate surface area is 104 Å². The van der Waals surface area contributed by atoms with Gasteiger partial charge in [0.2, 0.25) is 0 Å². The van der Waals surface area contributed by atoms with Crippen LogP contribution in [-0.4, -0.2) is 16.2 Å². The molecule has 1 aliphatic carbocycles. The standard InChI is InChI=1S/C12H16F3N3/c1-8(9-4-2-3-5-9)16-11-7-6-10(17-18-11)12(13,14)15/h6-9H,2-5H2,1H3,(H,16,18). The van der Waals surface area contributed by atoms with Crippen molar-refractivity contribution in [3.63, 3.8) is 0 Å². The summed E-state index contributed by atoms with van der Waals surface area (Å²) in [5.74, 6) is 0.983. The maximum absolute atomic E-state index is 12.3. The lowest BCUT2D eigenvalue weighted by atomic mass is 10.00. The number of alkyl halides is 3. The monoisotopic (exact) mass is 259 g/mol. The number of nitrogens with zero attached hydrogens (tertiary/aromatic N) is 2. The summed E-state index contributed by atoms with van der Waals surface area (Å²) in [6.07, 6.45) is 0.373. The number of anilines is 1. The number of halogens is 3. The Kier molecular flexibility index (Phi) is 3.73. The molecule has 1 fully saturated rings. The molecular formula is C12H16F3N3. The minimum atomic E-state index is -4.43. The summed E-state index contributed by atoms with van der Waals surface area (Å²) in [6.45, 7) is 2.04. The van der Waals surface area contributed by atoms with Gasteiger partial charge < -0.3 is 5.32 Å². The highest BCUT2D eigenvalue weighted by molar-refractivity contribution is 5.34. The SMILES string of the molecule is CC(Nc1ccc(C(F)(F)F)nn1)C1CCCC1. The van der Waals surface area contributed by atoms with Gasteiger partial charge >= 0.3 is 6.18 Å². The summed E-state index contributed by atoms with van der Waals surface area (Å²) in [5, 5.41) is 9.89. The van der Waals surface area contributed by atoms with E-state index >= 15 is 0 Å². The molecule has 1 aromatic rings. The first-order chi connectivity index (χ1) is 8.47. The van der Waals surface area contributed by atoms with Gasteiger partial charge in [0.1, 0.15) is 5.82 Å². The molecule has 1 saturated carbocycles. The van der Waals surface area contributed by atoms with E-state index in [1.165, 1.54) is 31.7 Å². The lowest BCUT2D eigenvalue weighted by Crippen LogP contribution is -2.24. The zero-order chi connectivity index (χ0) is 13.2. The van der Waals surface area contributed by atoms with Crippen LogP contribution in [-0.2, 0) is 6.18 Å². The second kappa shape index (κ2) is 5.12. The average Bonchev–Trinajstić information content (AvgIpc) is 2.82. The van der Waals surface area contributed by atoms with Gasteiger partial charge in [-0.2, -0.15) is 13.2 Å². The van der Waals surface area contributed by atoms with Crippen molar-refractivity contribution < 1.29 is 13.2 Å². The normalized spacial score (nSPS) is 18.9. The highest BCUT2D eigenvalue weighted by Gasteiger charge is 2.33. The van der Waals surface area contributed by atoms with Crippen molar-refractivity contribution in [3.05, 3.63) is 17.8 Å². The van der Waals surface area contributed by atoms with E-state index in [9.17, 15) is 13.2 Å². The van der Waals surface area contributed by atoms with Gasteiger partial charge in [-0.05, 0) is 37.8 Å². The van der Waals surface area contributed by atoms with Gasteiger partial charge in [0, 0.05) is 6.04 Å². The topological polar surface area (TPSA) is 37.8 Å². The summed E-state index contributed by atoms with van der Waals surface area (Å²) < 4.78 is 36.9. The first kappa shape index (κ1) is 13.1. The maximum atomic E-state index is 12.3. The number of nitrogens with one attached hydrogen (secondary N) is 1. The summed E-state index contributed by atoms with van der Waals surface area (Å²) in [7, 11) is 0. The zero-order valence-electron chi connectivity index (χ0n) is 10.2. The number of hydrogen-bond acceptors (Lipinski definition) is 3. The van der Waals surface area contributed by atoms with E-state index in [2.05, 4.69) is 15.5 Å². The third-order valence-corrected chi connectivity index (χ3v) is 3.44. The third kappa shape index (κ3) is 3.11. The Morgan fingerprint density at radius 1 is 1.22 bits per heavy atom. The fraction of sp³-hybridized carbons (Fsp3) is 0.667. The Morgan fingerprint density at radius 3 is 2.39 bits per heavy atom. The van der Waals surface area contributed by atoms with Crippen molar-refractivity contribution >= 4 is 5.82 Å². The van der Waals surface area contributed by atoms with E-state index in [1.807, 2.05) is 6.92 Å². The molecule has 1 aliphatic rings. The molecule has 0 radical (unpaired) electrons. The minimum absolute atomic E-state index is 0.221. The number of rotatable bonds is 3. The summed E-state index contributed by atoms with van der Waals surface area (Å²) in [4.78, 5) is 0. The molecule has 1 atom stereocenters. The Bertz CT molecular complexity index is 383. The van der Waals surface area contributed by atoms with Crippen LogP contribution < -0.4 is 5.32 Å². The molecule has 1 aromatic heterocycles. The smallest absolute Gasteiger partial charge is 0.366 e. The van der Waals surface area contributed by atoms with Crippen LogP contribution in [0.1, 0.15) is 38.3 Å². The van der Waals surface area contributed by atoms with Gasteiger partial charge in [0.25, 0.3) is 0 Å². The molecule has 0 saturated heterocycles. The highest BCUT2D eigenvalue weighted by Crippen LogP contribution is 2.30. The Balaban J connectivity index is 1.97. The largest absolute Gasteiger partial charge is 0.435 e. The molecule has 6 heteroatoms. The highest BCUT2D eigenvalue weighted by atomic mass is 19.4. The fourth-order valence-electron chi connectivity index (χ4n) is 2.37. The molecule has 100 valence electrons. The number of aromatic nitrogens is 2. The molecule has 0 spiro atoms. The molecule has 0 amide bonds. The molecule has 18 heavy (non-hydrogen) atoms. The third-order valence-electron chi connectivity index (χ3n) is 3.44. The van der Waals surface area contributed by atoms with Gasteiger partial charge in [-0.3, -0.25) is 0 Å². The van der Waals surface area contributed by atoms with Crippen LogP contribution >= 0.6 is 0 Å². The Morgan fingerprint density at radius 2 is 1.89 bits per heavy atom. The first-order valence-electron chi connectivity index (χ1n) is 6.14. The van der Waals surface area contributed by atoms with Crippen LogP contribution in [0.25, 0.3) is 0 Å². The predicted molar refractivity (Wildman–Crippen MR) is 62.1 cm³/mol. The second-order valence-corrected chi connectivity index (χ2v) is 4.78. The molecule has 2 rings (SSSR count). The molecule has 3 nitrogen and oxygen atoms in total. The van der Waals surface area contributed by atoms with Crippen LogP contribution in [0.2, 0.25) is 0 Å². The lowest BCUT2D eigenvalue weighted by Gasteiger charge is -2.20. The van der Waals surface area contributed by atoms with Gasteiger partial charge in [-0.25, -0.2) is 0 Å². The molecular weight excluding hydrogens is 243 g/mol. The van der Waals surface area contributed by atoms with Crippen LogP contribution in [0.4, 0.5) is 19.0 Å². The van der Waals surface area contributed by atoms with E-state index in [0.29, 0.717) is 11.7 Å². The van der Waals surface area contributed by atoms with Crippen molar-refractivity contribution in [2.45, 2.75) is 44.8 Å². The average molecular weight is 259 g/mol. The summed E-state index contributed by atoms with van der Waals surface area (Å²) >= 11 is 0. The first-order valence-corrected chi connectivity index (χ1v) is 6.14. The molecule has 0 aromatic carbocycles. The van der Waals surface area contributed by atoms with Gasteiger partial charge in [-0.1, -0.05) is 12.8 Å². The molecule has 1 N–H and O–H groups in total. The van der Waals surface area contributed by atoms with Crippen LogP contribution in [0.15, 0.2) is 12.1 Å². The van der Waals surface area contributed by atoms with E-state index in [1.54, 1.807) is 0 Å². The van der Waals surface area contributed by atoms with E-state index in [0.717, 1.165) is 6.07 Å².